The van der Waals surface area contributed by atoms with Crippen molar-refractivity contribution in [1.29, 1.82) is 0 Å². The molecule has 0 aliphatic carbocycles. The standard InChI is InChI=1S/C21H14N2S/c1-2-7-14(8-3-1)18-13-19(23-22-18)17-11-6-10-16-15-9-4-5-12-20(15)24-21(16)17/h1-13H,(H,22,23). The monoisotopic (exact) mass is 326 g/mol. The first kappa shape index (κ1) is 13.5. The van der Waals surface area contributed by atoms with Crippen molar-refractivity contribution in [3.63, 3.8) is 0 Å². The van der Waals surface area contributed by atoms with Gasteiger partial charge in [0.2, 0.25) is 0 Å². The lowest BCUT2D eigenvalue weighted by Crippen LogP contribution is -1.78. The van der Waals surface area contributed by atoms with Crippen LogP contribution < -0.4 is 0 Å². The third-order valence-corrected chi connectivity index (χ3v) is 5.56. The summed E-state index contributed by atoms with van der Waals surface area (Å²) in [7, 11) is 0. The fourth-order valence-electron chi connectivity index (χ4n) is 3.17. The van der Waals surface area contributed by atoms with Gasteiger partial charge < -0.3 is 0 Å². The molecule has 0 aliphatic rings. The van der Waals surface area contributed by atoms with Crippen LogP contribution in [0.5, 0.6) is 0 Å². The number of aromatic amines is 1. The zero-order chi connectivity index (χ0) is 15.9. The molecular weight excluding hydrogens is 312 g/mol. The summed E-state index contributed by atoms with van der Waals surface area (Å²) < 4.78 is 2.61. The van der Waals surface area contributed by atoms with Crippen molar-refractivity contribution in [2.75, 3.05) is 0 Å². The topological polar surface area (TPSA) is 28.7 Å². The van der Waals surface area contributed by atoms with Gasteiger partial charge in [0.05, 0.1) is 11.4 Å². The van der Waals surface area contributed by atoms with Crippen LogP contribution in [0, 0.1) is 0 Å². The van der Waals surface area contributed by atoms with E-state index in [4.69, 9.17) is 0 Å². The van der Waals surface area contributed by atoms with Gasteiger partial charge in [-0.05, 0) is 17.7 Å². The molecule has 1 N–H and O–H groups in total. The van der Waals surface area contributed by atoms with Crippen molar-refractivity contribution in [2.45, 2.75) is 0 Å². The molecule has 0 bridgehead atoms. The third kappa shape index (κ3) is 2.06. The van der Waals surface area contributed by atoms with Crippen molar-refractivity contribution in [3.05, 3.63) is 78.9 Å². The quantitative estimate of drug-likeness (QED) is 0.416. The summed E-state index contributed by atoms with van der Waals surface area (Å²) in [5.74, 6) is 0. The summed E-state index contributed by atoms with van der Waals surface area (Å²) in [6.45, 7) is 0. The Labute approximate surface area is 143 Å². The molecule has 5 aromatic rings. The Kier molecular flexibility index (Phi) is 3.00. The molecule has 2 nitrogen and oxygen atoms in total. The summed E-state index contributed by atoms with van der Waals surface area (Å²) in [4.78, 5) is 0. The smallest absolute Gasteiger partial charge is 0.0941 e. The van der Waals surface area contributed by atoms with Gasteiger partial charge in [-0.3, -0.25) is 5.10 Å². The van der Waals surface area contributed by atoms with Crippen LogP contribution in [0.2, 0.25) is 0 Å². The lowest BCUT2D eigenvalue weighted by atomic mass is 10.1. The number of rotatable bonds is 2. The molecule has 0 saturated heterocycles. The number of nitrogens with zero attached hydrogens (tertiary/aromatic N) is 1. The van der Waals surface area contributed by atoms with Crippen LogP contribution in [0.15, 0.2) is 78.9 Å². The van der Waals surface area contributed by atoms with E-state index in [1.54, 1.807) is 0 Å². The van der Waals surface area contributed by atoms with Crippen molar-refractivity contribution in [1.82, 2.24) is 10.2 Å². The molecule has 2 aromatic heterocycles. The van der Waals surface area contributed by atoms with Crippen LogP contribution in [0.3, 0.4) is 0 Å². The molecule has 0 unspecified atom stereocenters. The highest BCUT2D eigenvalue weighted by Crippen LogP contribution is 2.39. The van der Waals surface area contributed by atoms with Gasteiger partial charge in [-0.25, -0.2) is 0 Å². The van der Waals surface area contributed by atoms with Crippen molar-refractivity contribution >= 4 is 31.5 Å². The van der Waals surface area contributed by atoms with E-state index in [-0.39, 0.29) is 0 Å². The first-order valence-electron chi connectivity index (χ1n) is 7.91. The summed E-state index contributed by atoms with van der Waals surface area (Å²) >= 11 is 1.83. The van der Waals surface area contributed by atoms with E-state index in [1.165, 1.54) is 25.7 Å². The summed E-state index contributed by atoms with van der Waals surface area (Å²) in [5, 5.41) is 10.4. The van der Waals surface area contributed by atoms with Gasteiger partial charge in [-0.2, -0.15) is 5.10 Å². The minimum absolute atomic E-state index is 0.992. The van der Waals surface area contributed by atoms with Crippen molar-refractivity contribution in [2.24, 2.45) is 0 Å². The number of nitrogens with one attached hydrogen (secondary N) is 1. The zero-order valence-electron chi connectivity index (χ0n) is 12.9. The van der Waals surface area contributed by atoms with Crippen LogP contribution in [0.25, 0.3) is 42.7 Å². The Balaban J connectivity index is 1.71. The van der Waals surface area contributed by atoms with Gasteiger partial charge in [0.15, 0.2) is 0 Å². The molecule has 0 spiro atoms. The number of fused-ring (bicyclic) bond motifs is 3. The Morgan fingerprint density at radius 3 is 2.46 bits per heavy atom. The van der Waals surface area contributed by atoms with Gasteiger partial charge in [0.25, 0.3) is 0 Å². The molecule has 0 fully saturated rings. The zero-order valence-corrected chi connectivity index (χ0v) is 13.7. The number of hydrogen-bond acceptors (Lipinski definition) is 2. The lowest BCUT2D eigenvalue weighted by Gasteiger charge is -1.98. The molecule has 0 atom stereocenters. The van der Waals surface area contributed by atoms with Gasteiger partial charge >= 0.3 is 0 Å². The number of aromatic nitrogens is 2. The second-order valence-electron chi connectivity index (χ2n) is 5.81. The molecule has 3 aromatic carbocycles. The third-order valence-electron chi connectivity index (χ3n) is 4.34. The van der Waals surface area contributed by atoms with Crippen LogP contribution in [-0.2, 0) is 0 Å². The van der Waals surface area contributed by atoms with E-state index in [2.05, 4.69) is 70.9 Å². The van der Waals surface area contributed by atoms with E-state index in [9.17, 15) is 0 Å². The molecule has 3 heteroatoms. The normalized spacial score (nSPS) is 11.3. The van der Waals surface area contributed by atoms with E-state index >= 15 is 0 Å². The van der Waals surface area contributed by atoms with E-state index in [1.807, 2.05) is 29.5 Å². The average molecular weight is 326 g/mol. The first-order valence-corrected chi connectivity index (χ1v) is 8.73. The lowest BCUT2D eigenvalue weighted by molar-refractivity contribution is 1.10. The molecule has 114 valence electrons. The first-order chi connectivity index (χ1) is 11.9. The molecule has 2 heterocycles. The van der Waals surface area contributed by atoms with Crippen molar-refractivity contribution in [3.8, 4) is 22.5 Å². The summed E-state index contributed by atoms with van der Waals surface area (Å²) in [6, 6.07) is 27.5. The van der Waals surface area contributed by atoms with Gasteiger partial charge in [0.1, 0.15) is 0 Å². The molecule has 0 amide bonds. The van der Waals surface area contributed by atoms with Crippen molar-refractivity contribution < 1.29 is 0 Å². The second-order valence-corrected chi connectivity index (χ2v) is 6.87. The maximum absolute atomic E-state index is 4.56. The fourth-order valence-corrected chi connectivity index (χ4v) is 4.40. The van der Waals surface area contributed by atoms with Gasteiger partial charge in [-0.15, -0.1) is 11.3 Å². The largest absolute Gasteiger partial charge is 0.277 e. The van der Waals surface area contributed by atoms with E-state index < -0.39 is 0 Å². The number of H-pyrrole nitrogens is 1. The minimum Gasteiger partial charge on any atom is -0.277 e. The number of hydrogen-bond donors (Lipinski definition) is 1. The molecular formula is C21H14N2S. The van der Waals surface area contributed by atoms with Crippen LogP contribution >= 0.6 is 11.3 Å². The molecule has 0 saturated carbocycles. The predicted octanol–water partition coefficient (Wildman–Crippen LogP) is 6.11. The Morgan fingerprint density at radius 2 is 1.54 bits per heavy atom. The SMILES string of the molecule is c1ccc(-c2cc(-c3cccc4c3sc3ccccc34)n[nH]2)cc1. The maximum atomic E-state index is 4.56. The number of thiophene rings is 1. The van der Waals surface area contributed by atoms with Crippen LogP contribution in [0.4, 0.5) is 0 Å². The van der Waals surface area contributed by atoms with Crippen LogP contribution in [-0.4, -0.2) is 10.2 Å². The van der Waals surface area contributed by atoms with E-state index in [0.29, 0.717) is 0 Å². The fraction of sp³-hybridized carbons (Fsp3) is 0. The Morgan fingerprint density at radius 1 is 0.750 bits per heavy atom. The Hall–Kier alpha value is -2.91. The van der Waals surface area contributed by atoms with Gasteiger partial charge in [-0.1, -0.05) is 66.7 Å². The maximum Gasteiger partial charge on any atom is 0.0941 e. The highest BCUT2D eigenvalue weighted by atomic mass is 32.1. The van der Waals surface area contributed by atoms with Gasteiger partial charge in [0, 0.05) is 25.7 Å². The second kappa shape index (κ2) is 5.32. The molecule has 0 radical (unpaired) electrons. The van der Waals surface area contributed by atoms with Crippen LogP contribution in [0.1, 0.15) is 0 Å². The average Bonchev–Trinajstić information content (AvgIpc) is 3.27. The summed E-state index contributed by atoms with van der Waals surface area (Å²) in [6.07, 6.45) is 0. The summed E-state index contributed by atoms with van der Waals surface area (Å²) in [5.41, 5.74) is 4.38. The highest BCUT2D eigenvalue weighted by molar-refractivity contribution is 7.26. The molecule has 0 aliphatic heterocycles. The highest BCUT2D eigenvalue weighted by Gasteiger charge is 2.12. The minimum atomic E-state index is 0.992. The number of benzene rings is 3. The predicted molar refractivity (Wildman–Crippen MR) is 102 cm³/mol. The van der Waals surface area contributed by atoms with E-state index in [0.717, 1.165) is 17.0 Å². The molecule has 5 rings (SSSR count). The Bertz CT molecular complexity index is 1150. The molecule has 24 heavy (non-hydrogen) atoms.